The molecule has 0 aliphatic heterocycles. The zero-order chi connectivity index (χ0) is 24.5. The average Bonchev–Trinajstić information content (AvgIpc) is 3.20. The van der Waals surface area contributed by atoms with Crippen LogP contribution in [0.15, 0.2) is 64.7 Å². The minimum absolute atomic E-state index is 0.187. The number of rotatable bonds is 10. The van der Waals surface area contributed by atoms with Crippen molar-refractivity contribution in [2.24, 2.45) is 10.1 Å². The van der Waals surface area contributed by atoms with Crippen molar-refractivity contribution in [3.8, 4) is 11.3 Å². The summed E-state index contributed by atoms with van der Waals surface area (Å²) in [7, 11) is 0. The largest absolute Gasteiger partial charge is 0.462 e. The highest BCUT2D eigenvalue weighted by Crippen LogP contribution is 2.27. The third-order valence-electron chi connectivity index (χ3n) is 4.93. The number of ketones is 1. The lowest BCUT2D eigenvalue weighted by Crippen LogP contribution is -2.21. The Balaban J connectivity index is 1.64. The van der Waals surface area contributed by atoms with Crippen LogP contribution >= 0.6 is 11.3 Å². The van der Waals surface area contributed by atoms with Gasteiger partial charge in [0.25, 0.3) is 0 Å². The van der Waals surface area contributed by atoms with Gasteiger partial charge in [-0.3, -0.25) is 15.2 Å². The number of ether oxygens (including phenoxy) is 1. The first kappa shape index (κ1) is 25.0. The number of Topliss-reactive ketones (excluding diaryl/α,β-unsaturated/α-hetero) is 1. The zero-order valence-corrected chi connectivity index (χ0v) is 20.6. The number of hydrogen-bond donors (Lipinski definition) is 1. The number of nitrogens with zero attached hydrogens (tertiary/aromatic N) is 3. The van der Waals surface area contributed by atoms with E-state index < -0.39 is 0 Å². The fourth-order valence-corrected chi connectivity index (χ4v) is 4.19. The molecule has 7 nitrogen and oxygen atoms in total. The molecule has 0 aliphatic carbocycles. The summed E-state index contributed by atoms with van der Waals surface area (Å²) >= 11 is 1.67. The maximum atomic E-state index is 12.1. The number of hydrazone groups is 1. The molecule has 1 aromatic heterocycles. The van der Waals surface area contributed by atoms with Crippen molar-refractivity contribution in [1.29, 1.82) is 0 Å². The molecule has 0 radical (unpaired) electrons. The smallest absolute Gasteiger partial charge is 0.338 e. The molecule has 3 aromatic rings. The number of thiazole rings is 1. The molecule has 0 spiro atoms. The van der Waals surface area contributed by atoms with Gasteiger partial charge in [-0.05, 0) is 45.0 Å². The lowest BCUT2D eigenvalue weighted by atomic mass is 10.1. The summed E-state index contributed by atoms with van der Waals surface area (Å²) in [6.45, 7) is 7.89. The van der Waals surface area contributed by atoms with Crippen molar-refractivity contribution >= 4 is 40.2 Å². The Morgan fingerprint density at radius 1 is 1.06 bits per heavy atom. The van der Waals surface area contributed by atoms with E-state index in [2.05, 4.69) is 34.6 Å². The highest BCUT2D eigenvalue weighted by Gasteiger charge is 2.12. The monoisotopic (exact) mass is 476 g/mol. The zero-order valence-electron chi connectivity index (χ0n) is 19.8. The number of carbonyl (C=O) groups is 2. The highest BCUT2D eigenvalue weighted by atomic mass is 32.1. The van der Waals surface area contributed by atoms with Crippen LogP contribution in [-0.2, 0) is 16.0 Å². The van der Waals surface area contributed by atoms with Crippen molar-refractivity contribution in [2.45, 2.75) is 34.1 Å². The molecule has 1 heterocycles. The summed E-state index contributed by atoms with van der Waals surface area (Å²) in [6, 6.07) is 16.8. The number of hydrogen-bond acceptors (Lipinski definition) is 8. The first-order valence-corrected chi connectivity index (χ1v) is 11.9. The first-order chi connectivity index (χ1) is 16.4. The maximum absolute atomic E-state index is 12.1. The van der Waals surface area contributed by atoms with E-state index in [0.717, 1.165) is 16.3 Å². The summed E-state index contributed by atoms with van der Waals surface area (Å²) < 4.78 is 4.98. The Kier molecular flexibility index (Phi) is 8.81. The summed E-state index contributed by atoms with van der Waals surface area (Å²) in [4.78, 5) is 34.4. The van der Waals surface area contributed by atoms with Gasteiger partial charge in [0, 0.05) is 30.3 Å². The average molecular weight is 477 g/mol. The van der Waals surface area contributed by atoms with Gasteiger partial charge in [-0.15, -0.1) is 11.3 Å². The van der Waals surface area contributed by atoms with Crippen LogP contribution in [0.1, 0.15) is 41.0 Å². The molecule has 0 saturated carbocycles. The molecule has 0 unspecified atom stereocenters. The lowest BCUT2D eigenvalue weighted by Gasteiger charge is -2.06. The highest BCUT2D eigenvalue weighted by molar-refractivity contribution is 7.12. The SMILES string of the molecule is CCOC(=O)c1ccc(N/N=C(/C(C)=O)C(C)=NCCc2nc(-c3ccccc3)c(C)s2)cc1. The third-order valence-corrected chi connectivity index (χ3v) is 5.96. The van der Waals surface area contributed by atoms with Crippen LogP contribution in [-0.4, -0.2) is 41.3 Å². The van der Waals surface area contributed by atoms with E-state index in [0.29, 0.717) is 36.5 Å². The predicted octanol–water partition coefficient (Wildman–Crippen LogP) is 5.36. The minimum Gasteiger partial charge on any atom is -0.462 e. The van der Waals surface area contributed by atoms with Gasteiger partial charge in [0.05, 0.1) is 34.3 Å². The van der Waals surface area contributed by atoms with Gasteiger partial charge in [-0.25, -0.2) is 9.78 Å². The number of anilines is 1. The summed E-state index contributed by atoms with van der Waals surface area (Å²) in [5, 5.41) is 5.25. The third kappa shape index (κ3) is 6.68. The molecule has 0 fully saturated rings. The van der Waals surface area contributed by atoms with Crippen LogP contribution in [0.4, 0.5) is 5.69 Å². The molecule has 176 valence electrons. The van der Waals surface area contributed by atoms with E-state index in [1.165, 1.54) is 11.8 Å². The van der Waals surface area contributed by atoms with Gasteiger partial charge in [0.1, 0.15) is 5.71 Å². The van der Waals surface area contributed by atoms with Crippen molar-refractivity contribution in [2.75, 3.05) is 18.6 Å². The van der Waals surface area contributed by atoms with Gasteiger partial charge < -0.3 is 4.74 Å². The van der Waals surface area contributed by atoms with E-state index in [4.69, 9.17) is 9.72 Å². The minimum atomic E-state index is -0.378. The Labute approximate surface area is 203 Å². The molecule has 0 bridgehead atoms. The topological polar surface area (TPSA) is 93.0 Å². The Morgan fingerprint density at radius 3 is 2.41 bits per heavy atom. The van der Waals surface area contributed by atoms with E-state index >= 15 is 0 Å². The molecule has 0 atom stereocenters. The second-order valence-corrected chi connectivity index (χ2v) is 8.81. The molecule has 2 aromatic carbocycles. The molecular formula is C26H28N4O3S. The van der Waals surface area contributed by atoms with Gasteiger partial charge >= 0.3 is 5.97 Å². The second-order valence-electron chi connectivity index (χ2n) is 7.52. The molecule has 8 heteroatoms. The normalized spacial score (nSPS) is 11.9. The number of aromatic nitrogens is 1. The van der Waals surface area contributed by atoms with Crippen LogP contribution in [0, 0.1) is 6.92 Å². The molecular weight excluding hydrogens is 448 g/mol. The van der Waals surface area contributed by atoms with Crippen LogP contribution < -0.4 is 5.43 Å². The number of aliphatic imine (C=N–C) groups is 1. The Bertz CT molecular complexity index is 1200. The van der Waals surface area contributed by atoms with Crippen LogP contribution in [0.2, 0.25) is 0 Å². The van der Waals surface area contributed by atoms with Crippen molar-refractivity contribution in [1.82, 2.24) is 4.98 Å². The van der Waals surface area contributed by atoms with E-state index in [1.807, 2.05) is 18.2 Å². The Hall–Kier alpha value is -3.65. The fraction of sp³-hybridized carbons (Fsp3) is 0.269. The Morgan fingerprint density at radius 2 is 1.76 bits per heavy atom. The number of benzene rings is 2. The van der Waals surface area contributed by atoms with Crippen LogP contribution in [0.25, 0.3) is 11.3 Å². The summed E-state index contributed by atoms with van der Waals surface area (Å²) in [5.41, 5.74) is 6.89. The van der Waals surface area contributed by atoms with Crippen LogP contribution in [0.3, 0.4) is 0 Å². The van der Waals surface area contributed by atoms with Gasteiger partial charge in [0.2, 0.25) is 0 Å². The van der Waals surface area contributed by atoms with Gasteiger partial charge in [-0.1, -0.05) is 30.3 Å². The predicted molar refractivity (Wildman–Crippen MR) is 138 cm³/mol. The quantitative estimate of drug-likeness (QED) is 0.242. The van der Waals surface area contributed by atoms with Crippen molar-refractivity contribution < 1.29 is 14.3 Å². The van der Waals surface area contributed by atoms with Crippen molar-refractivity contribution in [3.63, 3.8) is 0 Å². The molecule has 34 heavy (non-hydrogen) atoms. The van der Waals surface area contributed by atoms with Gasteiger partial charge in [0.15, 0.2) is 5.78 Å². The first-order valence-electron chi connectivity index (χ1n) is 11.0. The summed E-state index contributed by atoms with van der Waals surface area (Å²) in [6.07, 6.45) is 0.684. The fourth-order valence-electron chi connectivity index (χ4n) is 3.25. The number of nitrogens with one attached hydrogen (secondary N) is 1. The second kappa shape index (κ2) is 12.0. The van der Waals surface area contributed by atoms with E-state index in [1.54, 1.807) is 49.4 Å². The standard InChI is InChI=1S/C26H28N4O3S/c1-5-33-26(32)21-11-13-22(14-12-21)29-30-24(18(3)31)17(2)27-16-15-23-28-25(19(4)34-23)20-9-7-6-8-10-20/h6-14,29H,5,15-16H2,1-4H3/b27-17?,30-24+. The van der Waals surface area contributed by atoms with E-state index in [-0.39, 0.29) is 17.5 Å². The van der Waals surface area contributed by atoms with Crippen LogP contribution in [0.5, 0.6) is 0 Å². The molecule has 0 amide bonds. The van der Waals surface area contributed by atoms with E-state index in [9.17, 15) is 9.59 Å². The molecule has 3 rings (SSSR count). The maximum Gasteiger partial charge on any atom is 0.338 e. The molecule has 0 saturated heterocycles. The molecule has 1 N–H and O–H groups in total. The molecule has 0 aliphatic rings. The van der Waals surface area contributed by atoms with Gasteiger partial charge in [-0.2, -0.15) is 5.10 Å². The number of esters is 1. The lowest BCUT2D eigenvalue weighted by molar-refractivity contribution is -0.110. The number of carbonyl (C=O) groups excluding carboxylic acids is 2. The number of aryl methyl sites for hydroxylation is 1. The summed E-state index contributed by atoms with van der Waals surface area (Å²) in [5.74, 6) is -0.565. The van der Waals surface area contributed by atoms with Crippen molar-refractivity contribution in [3.05, 3.63) is 70.0 Å².